The number of nitrogens with zero attached hydrogens (tertiary/aromatic N) is 3. The van der Waals surface area contributed by atoms with E-state index < -0.39 is 16.9 Å². The van der Waals surface area contributed by atoms with Crippen molar-refractivity contribution >= 4 is 28.6 Å². The molecule has 8 nitrogen and oxygen atoms in total. The van der Waals surface area contributed by atoms with Gasteiger partial charge in [-0.15, -0.1) is 0 Å². The van der Waals surface area contributed by atoms with Gasteiger partial charge in [-0.1, -0.05) is 24.3 Å². The van der Waals surface area contributed by atoms with Gasteiger partial charge in [0, 0.05) is 11.8 Å². The number of nitro benzene ring substituents is 1. The number of allylic oxidation sites excluding steroid dienone is 1. The topological polar surface area (TPSA) is 99.3 Å². The van der Waals surface area contributed by atoms with Crippen LogP contribution in [0, 0.1) is 10.1 Å². The molecule has 1 atom stereocenters. The molecule has 3 aromatic rings. The van der Waals surface area contributed by atoms with Crippen LogP contribution in [0.25, 0.3) is 11.0 Å². The van der Waals surface area contributed by atoms with Crippen LogP contribution in [-0.2, 0) is 9.53 Å². The number of para-hydroxylation sites is 3. The predicted molar refractivity (Wildman–Crippen MR) is 104 cm³/mol. The standard InChI is InChI=1S/C20H18N4O4/c1-3-28-19(25)17-12(2)21-20-22-14-9-5-7-11-16(14)23(20)18(17)13-8-4-6-10-15(13)24(26)27/h4-11,18H,3H2,1-2H3,(H,21,22). The Kier molecular flexibility index (Phi) is 4.31. The molecular weight excluding hydrogens is 360 g/mol. The lowest BCUT2D eigenvalue weighted by Gasteiger charge is -2.29. The number of hydrogen-bond donors (Lipinski definition) is 1. The minimum atomic E-state index is -0.732. The van der Waals surface area contributed by atoms with Crippen LogP contribution in [0.4, 0.5) is 11.6 Å². The fraction of sp³-hybridized carbons (Fsp3) is 0.200. The van der Waals surface area contributed by atoms with Crippen LogP contribution < -0.4 is 5.32 Å². The van der Waals surface area contributed by atoms with E-state index in [9.17, 15) is 14.9 Å². The van der Waals surface area contributed by atoms with Crippen molar-refractivity contribution in [2.24, 2.45) is 0 Å². The molecule has 0 amide bonds. The molecule has 1 aliphatic rings. The van der Waals surface area contributed by atoms with Crippen LogP contribution >= 0.6 is 0 Å². The summed E-state index contributed by atoms with van der Waals surface area (Å²) in [6, 6.07) is 13.2. The Bertz CT molecular complexity index is 1130. The number of hydrogen-bond acceptors (Lipinski definition) is 6. The van der Waals surface area contributed by atoms with Crippen molar-refractivity contribution in [3.05, 3.63) is 75.5 Å². The van der Waals surface area contributed by atoms with E-state index in [-0.39, 0.29) is 12.3 Å². The van der Waals surface area contributed by atoms with Crippen molar-refractivity contribution in [1.82, 2.24) is 9.55 Å². The highest BCUT2D eigenvalue weighted by Gasteiger charge is 2.38. The van der Waals surface area contributed by atoms with Crippen LogP contribution in [0.3, 0.4) is 0 Å². The molecule has 1 N–H and O–H groups in total. The third-order valence-electron chi connectivity index (χ3n) is 4.75. The summed E-state index contributed by atoms with van der Waals surface area (Å²) in [6.07, 6.45) is 0. The van der Waals surface area contributed by atoms with Crippen molar-refractivity contribution in [2.75, 3.05) is 11.9 Å². The van der Waals surface area contributed by atoms with Crippen LogP contribution in [0.5, 0.6) is 0 Å². The van der Waals surface area contributed by atoms with E-state index in [1.165, 1.54) is 6.07 Å². The van der Waals surface area contributed by atoms with Gasteiger partial charge >= 0.3 is 5.97 Å². The number of nitro groups is 1. The Hall–Kier alpha value is -3.68. The Balaban J connectivity index is 2.04. The summed E-state index contributed by atoms with van der Waals surface area (Å²) >= 11 is 0. The molecule has 1 aromatic heterocycles. The molecule has 4 rings (SSSR count). The molecule has 2 aromatic carbocycles. The Labute approximate surface area is 160 Å². The molecule has 2 heterocycles. The summed E-state index contributed by atoms with van der Waals surface area (Å²) in [6.45, 7) is 3.68. The number of esters is 1. The number of carbonyl (C=O) groups excluding carboxylic acids is 1. The van der Waals surface area contributed by atoms with Gasteiger partial charge in [0.1, 0.15) is 6.04 Å². The van der Waals surface area contributed by atoms with Gasteiger partial charge in [-0.25, -0.2) is 9.78 Å². The van der Waals surface area contributed by atoms with Gasteiger partial charge in [-0.05, 0) is 32.0 Å². The molecule has 0 fully saturated rings. The molecular formula is C20H18N4O4. The highest BCUT2D eigenvalue weighted by atomic mass is 16.6. The average molecular weight is 378 g/mol. The Morgan fingerprint density at radius 2 is 1.96 bits per heavy atom. The number of anilines is 1. The van der Waals surface area contributed by atoms with Crippen LogP contribution in [0.1, 0.15) is 25.5 Å². The Morgan fingerprint density at radius 1 is 1.25 bits per heavy atom. The second-order valence-corrected chi connectivity index (χ2v) is 6.40. The number of rotatable bonds is 4. The molecule has 142 valence electrons. The van der Waals surface area contributed by atoms with Crippen molar-refractivity contribution in [3.63, 3.8) is 0 Å². The van der Waals surface area contributed by atoms with Crippen molar-refractivity contribution in [2.45, 2.75) is 19.9 Å². The van der Waals surface area contributed by atoms with E-state index in [1.807, 2.05) is 28.8 Å². The van der Waals surface area contributed by atoms with Crippen molar-refractivity contribution in [3.8, 4) is 0 Å². The lowest BCUT2D eigenvalue weighted by molar-refractivity contribution is -0.385. The number of nitrogens with one attached hydrogen (secondary N) is 1. The summed E-state index contributed by atoms with van der Waals surface area (Å²) in [5.74, 6) is 0.00832. The monoisotopic (exact) mass is 378 g/mol. The number of imidazole rings is 1. The summed E-state index contributed by atoms with van der Waals surface area (Å²) in [5.41, 5.74) is 2.72. The molecule has 1 aliphatic heterocycles. The quantitative estimate of drug-likeness (QED) is 0.421. The maximum absolute atomic E-state index is 12.8. The minimum absolute atomic E-state index is 0.0623. The largest absolute Gasteiger partial charge is 0.463 e. The molecule has 28 heavy (non-hydrogen) atoms. The first kappa shape index (κ1) is 17.7. The first-order chi connectivity index (χ1) is 13.5. The summed E-state index contributed by atoms with van der Waals surface area (Å²) in [7, 11) is 0. The molecule has 0 aliphatic carbocycles. The molecule has 0 saturated heterocycles. The molecule has 0 radical (unpaired) electrons. The number of benzene rings is 2. The molecule has 8 heteroatoms. The normalized spacial score (nSPS) is 15.9. The van der Waals surface area contributed by atoms with Gasteiger partial charge in [0.15, 0.2) is 0 Å². The molecule has 0 spiro atoms. The zero-order valence-corrected chi connectivity index (χ0v) is 15.4. The number of aromatic nitrogens is 2. The summed E-state index contributed by atoms with van der Waals surface area (Å²) in [4.78, 5) is 28.7. The van der Waals surface area contributed by atoms with Gasteiger partial charge in [0.25, 0.3) is 5.69 Å². The Morgan fingerprint density at radius 3 is 2.71 bits per heavy atom. The molecule has 0 saturated carbocycles. The van der Waals surface area contributed by atoms with Gasteiger partial charge in [0.05, 0.1) is 33.7 Å². The smallest absolute Gasteiger partial charge is 0.338 e. The number of carbonyl (C=O) groups is 1. The van der Waals surface area contributed by atoms with Crippen molar-refractivity contribution < 1.29 is 14.5 Å². The summed E-state index contributed by atoms with van der Waals surface area (Å²) < 4.78 is 7.08. The van der Waals surface area contributed by atoms with E-state index in [2.05, 4.69) is 10.3 Å². The van der Waals surface area contributed by atoms with E-state index in [4.69, 9.17) is 4.74 Å². The zero-order chi connectivity index (χ0) is 19.8. The first-order valence-electron chi connectivity index (χ1n) is 8.88. The third-order valence-corrected chi connectivity index (χ3v) is 4.75. The van der Waals surface area contributed by atoms with Crippen LogP contribution in [0.15, 0.2) is 59.8 Å². The SMILES string of the molecule is CCOC(=O)C1=C(C)Nc2nc3ccccc3n2C1c1ccccc1[N+](=O)[O-]. The van der Waals surface area contributed by atoms with Gasteiger partial charge in [0.2, 0.25) is 5.95 Å². The zero-order valence-electron chi connectivity index (χ0n) is 15.4. The fourth-order valence-corrected chi connectivity index (χ4v) is 3.62. The molecule has 1 unspecified atom stereocenters. The third kappa shape index (κ3) is 2.70. The predicted octanol–water partition coefficient (Wildman–Crippen LogP) is 3.80. The van der Waals surface area contributed by atoms with E-state index in [0.717, 1.165) is 11.0 Å². The molecule has 0 bridgehead atoms. The maximum atomic E-state index is 12.8. The van der Waals surface area contributed by atoms with Gasteiger partial charge in [-0.2, -0.15) is 0 Å². The summed E-state index contributed by atoms with van der Waals surface area (Å²) in [5, 5.41) is 14.8. The first-order valence-corrected chi connectivity index (χ1v) is 8.88. The average Bonchev–Trinajstić information content (AvgIpc) is 3.04. The van der Waals surface area contributed by atoms with Crippen LogP contribution in [0.2, 0.25) is 0 Å². The minimum Gasteiger partial charge on any atom is -0.463 e. The van der Waals surface area contributed by atoms with Crippen molar-refractivity contribution in [1.29, 1.82) is 0 Å². The van der Waals surface area contributed by atoms with E-state index in [0.29, 0.717) is 22.8 Å². The fourth-order valence-electron chi connectivity index (χ4n) is 3.62. The van der Waals surface area contributed by atoms with Crippen LogP contribution in [-0.4, -0.2) is 27.1 Å². The van der Waals surface area contributed by atoms with Gasteiger partial charge < -0.3 is 10.1 Å². The highest BCUT2D eigenvalue weighted by Crippen LogP contribution is 2.42. The lowest BCUT2D eigenvalue weighted by atomic mass is 9.93. The lowest BCUT2D eigenvalue weighted by Crippen LogP contribution is -2.29. The van der Waals surface area contributed by atoms with E-state index in [1.54, 1.807) is 32.0 Å². The number of ether oxygens (including phenoxy) is 1. The highest BCUT2D eigenvalue weighted by molar-refractivity contribution is 5.94. The second-order valence-electron chi connectivity index (χ2n) is 6.40. The van der Waals surface area contributed by atoms with E-state index >= 15 is 0 Å². The second kappa shape index (κ2) is 6.80. The maximum Gasteiger partial charge on any atom is 0.338 e. The van der Waals surface area contributed by atoms with Gasteiger partial charge in [-0.3, -0.25) is 14.7 Å². The number of fused-ring (bicyclic) bond motifs is 3.